The number of carbonyl (C=O) groups is 1. The Morgan fingerprint density at radius 3 is 2.86 bits per heavy atom. The summed E-state index contributed by atoms with van der Waals surface area (Å²) in [5.41, 5.74) is 2.08. The van der Waals surface area contributed by atoms with Crippen molar-refractivity contribution in [1.29, 1.82) is 0 Å². The number of hydrogen-bond acceptors (Lipinski definition) is 4. The summed E-state index contributed by atoms with van der Waals surface area (Å²) in [4.78, 5) is 12.1. The predicted octanol–water partition coefficient (Wildman–Crippen LogP) is 3.15. The molecule has 0 aliphatic carbocycles. The first-order valence-electron chi connectivity index (χ1n) is 6.86. The molecule has 1 aliphatic heterocycles. The fourth-order valence-electron chi connectivity index (χ4n) is 2.18. The number of thioether (sulfide) groups is 1. The molecule has 0 unspecified atom stereocenters. The molecule has 0 saturated carbocycles. The number of benzene rings is 1. The molecule has 0 spiro atoms. The topological polar surface area (TPSA) is 45.8 Å². The molecule has 1 aliphatic rings. The fourth-order valence-corrected chi connectivity index (χ4v) is 2.97. The predicted molar refractivity (Wildman–Crippen MR) is 84.2 cm³/mol. The van der Waals surface area contributed by atoms with E-state index in [1.165, 1.54) is 0 Å². The summed E-state index contributed by atoms with van der Waals surface area (Å²) in [7, 11) is 0. The van der Waals surface area contributed by atoms with Crippen molar-refractivity contribution in [1.82, 2.24) is 5.01 Å². The van der Waals surface area contributed by atoms with Gasteiger partial charge in [-0.05, 0) is 17.7 Å². The summed E-state index contributed by atoms with van der Waals surface area (Å²) in [6.07, 6.45) is 2.47. The van der Waals surface area contributed by atoms with Crippen LogP contribution in [0.5, 0.6) is 0 Å². The second-order valence-corrected chi connectivity index (χ2v) is 5.74. The van der Waals surface area contributed by atoms with Crippen LogP contribution in [-0.2, 0) is 10.5 Å². The smallest absolute Gasteiger partial charge is 0.252 e. The van der Waals surface area contributed by atoms with Crippen LogP contribution in [0.2, 0.25) is 0 Å². The van der Waals surface area contributed by atoms with Crippen molar-refractivity contribution in [2.45, 2.75) is 12.2 Å². The van der Waals surface area contributed by atoms with E-state index in [1.807, 2.05) is 42.5 Å². The Kier molecular flexibility index (Phi) is 4.40. The minimum Gasteiger partial charge on any atom is -0.468 e. The normalized spacial score (nSPS) is 14.3. The Hall–Kier alpha value is -2.01. The third-order valence-corrected chi connectivity index (χ3v) is 4.19. The Morgan fingerprint density at radius 2 is 2.10 bits per heavy atom. The molecule has 0 saturated heterocycles. The van der Waals surface area contributed by atoms with Gasteiger partial charge in [-0.3, -0.25) is 4.79 Å². The first kappa shape index (κ1) is 13.9. The number of rotatable bonds is 5. The fraction of sp³-hybridized carbons (Fsp3) is 0.250. The van der Waals surface area contributed by atoms with Crippen LogP contribution in [0.4, 0.5) is 0 Å². The SMILES string of the molecule is O=C(CSCc1ccco1)N1CCC(c2ccccc2)=N1. The molecule has 108 valence electrons. The maximum absolute atomic E-state index is 12.1. The lowest BCUT2D eigenvalue weighted by Crippen LogP contribution is -2.25. The molecule has 1 aromatic carbocycles. The molecule has 0 radical (unpaired) electrons. The number of hydrazone groups is 1. The Balaban J connectivity index is 1.53. The molecule has 3 rings (SSSR count). The van der Waals surface area contributed by atoms with E-state index in [4.69, 9.17) is 4.42 Å². The summed E-state index contributed by atoms with van der Waals surface area (Å²) in [6.45, 7) is 0.671. The highest BCUT2D eigenvalue weighted by Crippen LogP contribution is 2.17. The number of furan rings is 1. The molecule has 0 bridgehead atoms. The van der Waals surface area contributed by atoms with Gasteiger partial charge in [0.25, 0.3) is 5.91 Å². The average Bonchev–Trinajstić information content (AvgIpc) is 3.20. The molecule has 5 heteroatoms. The highest BCUT2D eigenvalue weighted by molar-refractivity contribution is 7.99. The van der Waals surface area contributed by atoms with Crippen molar-refractivity contribution in [2.75, 3.05) is 12.3 Å². The lowest BCUT2D eigenvalue weighted by atomic mass is 10.1. The van der Waals surface area contributed by atoms with Crippen LogP contribution in [0.1, 0.15) is 17.7 Å². The van der Waals surface area contributed by atoms with Gasteiger partial charge in [0.15, 0.2) is 0 Å². The van der Waals surface area contributed by atoms with E-state index in [0.717, 1.165) is 23.5 Å². The second-order valence-electron chi connectivity index (χ2n) is 4.75. The van der Waals surface area contributed by atoms with Gasteiger partial charge in [-0.15, -0.1) is 11.8 Å². The first-order chi connectivity index (χ1) is 10.3. The van der Waals surface area contributed by atoms with Crippen LogP contribution in [0.25, 0.3) is 0 Å². The second kappa shape index (κ2) is 6.63. The van der Waals surface area contributed by atoms with E-state index >= 15 is 0 Å². The first-order valence-corrected chi connectivity index (χ1v) is 8.02. The molecule has 2 heterocycles. The van der Waals surface area contributed by atoms with Gasteiger partial charge in [0.2, 0.25) is 0 Å². The van der Waals surface area contributed by atoms with Gasteiger partial charge in [0.1, 0.15) is 5.76 Å². The molecule has 0 atom stereocenters. The molecule has 0 fully saturated rings. The molecular formula is C16H16N2O2S. The van der Waals surface area contributed by atoms with Crippen molar-refractivity contribution < 1.29 is 9.21 Å². The Bertz CT molecular complexity index is 623. The summed E-state index contributed by atoms with van der Waals surface area (Å²) in [5, 5.41) is 6.02. The van der Waals surface area contributed by atoms with E-state index in [1.54, 1.807) is 23.0 Å². The highest BCUT2D eigenvalue weighted by Gasteiger charge is 2.21. The van der Waals surface area contributed by atoms with E-state index in [0.29, 0.717) is 18.1 Å². The van der Waals surface area contributed by atoms with Crippen molar-refractivity contribution in [2.24, 2.45) is 5.10 Å². The highest BCUT2D eigenvalue weighted by atomic mass is 32.2. The van der Waals surface area contributed by atoms with Gasteiger partial charge in [0.05, 0.1) is 30.0 Å². The zero-order valence-electron chi connectivity index (χ0n) is 11.6. The van der Waals surface area contributed by atoms with Gasteiger partial charge in [-0.1, -0.05) is 30.3 Å². The zero-order chi connectivity index (χ0) is 14.5. The van der Waals surface area contributed by atoms with Gasteiger partial charge < -0.3 is 4.42 Å². The Morgan fingerprint density at radius 1 is 1.24 bits per heavy atom. The van der Waals surface area contributed by atoms with Gasteiger partial charge >= 0.3 is 0 Å². The van der Waals surface area contributed by atoms with E-state index in [9.17, 15) is 4.79 Å². The minimum absolute atomic E-state index is 0.0532. The largest absolute Gasteiger partial charge is 0.468 e. The maximum atomic E-state index is 12.1. The van der Waals surface area contributed by atoms with Gasteiger partial charge in [-0.25, -0.2) is 5.01 Å². The van der Waals surface area contributed by atoms with Crippen molar-refractivity contribution >= 4 is 23.4 Å². The van der Waals surface area contributed by atoms with Crippen molar-refractivity contribution in [3.8, 4) is 0 Å². The van der Waals surface area contributed by atoms with Crippen molar-refractivity contribution in [3.63, 3.8) is 0 Å². The van der Waals surface area contributed by atoms with E-state index < -0.39 is 0 Å². The van der Waals surface area contributed by atoms with E-state index in [2.05, 4.69) is 5.10 Å². The minimum atomic E-state index is 0.0532. The number of amides is 1. The summed E-state index contributed by atoms with van der Waals surface area (Å²) in [6, 6.07) is 13.8. The molecule has 1 amide bonds. The molecule has 21 heavy (non-hydrogen) atoms. The summed E-state index contributed by atoms with van der Waals surface area (Å²) < 4.78 is 5.24. The van der Waals surface area contributed by atoms with Crippen LogP contribution in [-0.4, -0.2) is 28.9 Å². The molecule has 1 aromatic heterocycles. The van der Waals surface area contributed by atoms with Crippen LogP contribution < -0.4 is 0 Å². The Labute approximate surface area is 127 Å². The third-order valence-electron chi connectivity index (χ3n) is 3.25. The standard InChI is InChI=1S/C16H16N2O2S/c19-16(12-21-11-14-7-4-10-20-14)18-9-8-15(17-18)13-5-2-1-3-6-13/h1-7,10H,8-9,11-12H2. The summed E-state index contributed by atoms with van der Waals surface area (Å²) >= 11 is 1.55. The van der Waals surface area contributed by atoms with Crippen LogP contribution in [0.15, 0.2) is 58.2 Å². The molecule has 4 nitrogen and oxygen atoms in total. The van der Waals surface area contributed by atoms with E-state index in [-0.39, 0.29) is 5.91 Å². The van der Waals surface area contributed by atoms with Crippen LogP contribution in [0, 0.1) is 0 Å². The van der Waals surface area contributed by atoms with Gasteiger partial charge in [0, 0.05) is 6.42 Å². The van der Waals surface area contributed by atoms with Crippen LogP contribution in [0.3, 0.4) is 0 Å². The van der Waals surface area contributed by atoms with Crippen LogP contribution >= 0.6 is 11.8 Å². The maximum Gasteiger partial charge on any atom is 0.252 e. The third kappa shape index (κ3) is 3.55. The monoisotopic (exact) mass is 300 g/mol. The zero-order valence-corrected chi connectivity index (χ0v) is 12.4. The molecule has 0 N–H and O–H groups in total. The number of nitrogens with zero attached hydrogens (tertiary/aromatic N) is 2. The van der Waals surface area contributed by atoms with Crippen molar-refractivity contribution in [3.05, 3.63) is 60.1 Å². The number of carbonyl (C=O) groups excluding carboxylic acids is 1. The quantitative estimate of drug-likeness (QED) is 0.852. The summed E-state index contributed by atoms with van der Waals surface area (Å²) in [5.74, 6) is 2.08. The molecular weight excluding hydrogens is 284 g/mol. The lowest BCUT2D eigenvalue weighted by molar-refractivity contribution is -0.127. The van der Waals surface area contributed by atoms with Gasteiger partial charge in [-0.2, -0.15) is 5.10 Å². The molecule has 2 aromatic rings. The number of hydrogen-bond donors (Lipinski definition) is 0. The average molecular weight is 300 g/mol. The lowest BCUT2D eigenvalue weighted by Gasteiger charge is -2.10.